The molecule has 2 aliphatic rings. The largest absolute Gasteiger partial charge is 0.419 e. The van der Waals surface area contributed by atoms with Gasteiger partial charge in [0.05, 0.1) is 16.5 Å². The smallest absolute Gasteiger partial charge is 0.347 e. The van der Waals surface area contributed by atoms with Crippen molar-refractivity contribution in [3.8, 4) is 0 Å². The first kappa shape index (κ1) is 26.1. The summed E-state index contributed by atoms with van der Waals surface area (Å²) in [5, 5.41) is 2.62. The molecule has 12 heteroatoms. The van der Waals surface area contributed by atoms with E-state index in [1.807, 2.05) is 0 Å². The van der Waals surface area contributed by atoms with Gasteiger partial charge in [0.25, 0.3) is 5.91 Å². The maximum Gasteiger partial charge on any atom is 0.419 e. The second-order valence-corrected chi connectivity index (χ2v) is 11.4. The fraction of sp³-hybridized carbons (Fsp3) is 0.417. The van der Waals surface area contributed by atoms with Crippen LogP contribution in [0.2, 0.25) is 0 Å². The van der Waals surface area contributed by atoms with Crippen molar-refractivity contribution in [2.75, 3.05) is 12.8 Å². The van der Waals surface area contributed by atoms with Gasteiger partial charge in [0.15, 0.2) is 9.84 Å². The lowest BCUT2D eigenvalue weighted by atomic mass is 9.84. The van der Waals surface area contributed by atoms with Crippen LogP contribution < -0.4 is 5.32 Å². The highest BCUT2D eigenvalue weighted by atomic mass is 32.2. The zero-order valence-electron chi connectivity index (χ0n) is 19.3. The van der Waals surface area contributed by atoms with E-state index in [1.54, 1.807) is 0 Å². The highest BCUT2D eigenvalue weighted by Crippen LogP contribution is 2.44. The zero-order chi connectivity index (χ0) is 26.6. The van der Waals surface area contributed by atoms with Crippen molar-refractivity contribution in [3.63, 3.8) is 0 Å². The van der Waals surface area contributed by atoms with Crippen LogP contribution in [0.25, 0.3) is 0 Å². The SMILES string of the molecule is C[C@@]1(C(=O)NC(c2cc(F)c(C(F)(F)F)cc2F)C2CC2)CCN1C(=O)c1cccc(S(C)(=O)=O)c1. The van der Waals surface area contributed by atoms with Crippen LogP contribution in [-0.2, 0) is 20.8 Å². The quantitative estimate of drug-likeness (QED) is 0.566. The lowest BCUT2D eigenvalue weighted by molar-refractivity contribution is -0.140. The maximum atomic E-state index is 14.7. The number of carbonyl (C=O) groups is 2. The number of alkyl halides is 3. The summed E-state index contributed by atoms with van der Waals surface area (Å²) in [5.74, 6) is -4.47. The Morgan fingerprint density at radius 1 is 1.11 bits per heavy atom. The van der Waals surface area contributed by atoms with Crippen LogP contribution in [0, 0.1) is 17.6 Å². The fourth-order valence-corrected chi connectivity index (χ4v) is 5.00. The third kappa shape index (κ3) is 4.82. The molecular formula is C24H23F5N2O4S. The molecule has 0 bridgehead atoms. The first-order valence-electron chi connectivity index (χ1n) is 11.1. The summed E-state index contributed by atoms with van der Waals surface area (Å²) >= 11 is 0. The lowest BCUT2D eigenvalue weighted by Crippen LogP contribution is -2.67. The minimum absolute atomic E-state index is 0.0613. The van der Waals surface area contributed by atoms with Gasteiger partial charge >= 0.3 is 6.18 Å². The zero-order valence-corrected chi connectivity index (χ0v) is 20.1. The molecule has 1 heterocycles. The lowest BCUT2D eigenvalue weighted by Gasteiger charge is -2.49. The number of likely N-dealkylation sites (tertiary alicyclic amines) is 1. The first-order valence-corrected chi connectivity index (χ1v) is 13.0. The van der Waals surface area contributed by atoms with Crippen LogP contribution in [0.3, 0.4) is 0 Å². The van der Waals surface area contributed by atoms with Crippen LogP contribution in [-0.4, -0.2) is 43.5 Å². The molecule has 2 atom stereocenters. The van der Waals surface area contributed by atoms with E-state index in [9.17, 15) is 40.0 Å². The van der Waals surface area contributed by atoms with Gasteiger partial charge < -0.3 is 10.2 Å². The van der Waals surface area contributed by atoms with Crippen molar-refractivity contribution in [1.82, 2.24) is 10.2 Å². The second kappa shape index (κ2) is 8.82. The molecule has 0 spiro atoms. The van der Waals surface area contributed by atoms with Crippen LogP contribution in [0.1, 0.15) is 53.7 Å². The van der Waals surface area contributed by atoms with Crippen LogP contribution in [0.5, 0.6) is 0 Å². The Hall–Kier alpha value is -3.02. The molecule has 2 fully saturated rings. The number of carbonyl (C=O) groups excluding carboxylic acids is 2. The maximum absolute atomic E-state index is 14.7. The average Bonchev–Trinajstić information content (AvgIpc) is 3.61. The number of hydrogen-bond acceptors (Lipinski definition) is 4. The predicted molar refractivity (Wildman–Crippen MR) is 119 cm³/mol. The summed E-state index contributed by atoms with van der Waals surface area (Å²) in [5.41, 5.74) is -3.43. The fourth-order valence-electron chi connectivity index (χ4n) is 4.33. The summed E-state index contributed by atoms with van der Waals surface area (Å²) in [6.45, 7) is 1.68. The Bertz CT molecular complexity index is 1340. The molecule has 6 nitrogen and oxygen atoms in total. The van der Waals surface area contributed by atoms with Crippen LogP contribution >= 0.6 is 0 Å². The average molecular weight is 531 g/mol. The third-order valence-electron chi connectivity index (χ3n) is 6.77. The van der Waals surface area contributed by atoms with E-state index in [4.69, 9.17) is 0 Å². The highest BCUT2D eigenvalue weighted by molar-refractivity contribution is 7.90. The van der Waals surface area contributed by atoms with Crippen molar-refractivity contribution in [2.24, 2.45) is 5.92 Å². The van der Waals surface area contributed by atoms with Crippen molar-refractivity contribution in [1.29, 1.82) is 0 Å². The molecule has 36 heavy (non-hydrogen) atoms. The van der Waals surface area contributed by atoms with E-state index in [-0.39, 0.29) is 35.4 Å². The number of sulfone groups is 1. The van der Waals surface area contributed by atoms with E-state index in [2.05, 4.69) is 5.32 Å². The van der Waals surface area contributed by atoms with E-state index in [0.717, 1.165) is 6.26 Å². The van der Waals surface area contributed by atoms with Gasteiger partial charge in [-0.05, 0) is 62.4 Å². The Kier molecular flexibility index (Phi) is 6.39. The van der Waals surface area contributed by atoms with Crippen molar-refractivity contribution < 1.29 is 40.0 Å². The van der Waals surface area contributed by atoms with Gasteiger partial charge in [-0.2, -0.15) is 13.2 Å². The molecule has 1 unspecified atom stereocenters. The molecule has 1 aliphatic carbocycles. The van der Waals surface area contributed by atoms with Gasteiger partial charge in [-0.1, -0.05) is 6.07 Å². The standard InChI is InChI=1S/C24H23F5N2O4S/c1-23(8-9-31(23)21(32)14-4-3-5-15(10-14)36(2,34)35)22(33)30-20(13-6-7-13)16-11-19(26)17(12-18(16)25)24(27,28)29/h3-5,10-13,20H,6-9H2,1-2H3,(H,30,33)/t20?,23-/m0/s1. The Morgan fingerprint density at radius 3 is 2.31 bits per heavy atom. The van der Waals surface area contributed by atoms with Gasteiger partial charge in [0.1, 0.15) is 17.2 Å². The number of rotatable bonds is 6. The Labute approximate surface area is 204 Å². The molecule has 0 aromatic heterocycles. The molecule has 1 saturated heterocycles. The molecule has 1 N–H and O–H groups in total. The first-order chi connectivity index (χ1) is 16.6. The number of amides is 2. The topological polar surface area (TPSA) is 83.6 Å². The molecule has 2 aromatic rings. The monoisotopic (exact) mass is 530 g/mol. The van der Waals surface area contributed by atoms with Crippen molar-refractivity contribution >= 4 is 21.7 Å². The molecule has 1 saturated carbocycles. The molecule has 2 amide bonds. The summed E-state index contributed by atoms with van der Waals surface area (Å²) in [6, 6.07) is 4.85. The van der Waals surface area contributed by atoms with Gasteiger partial charge in [0, 0.05) is 23.9 Å². The second-order valence-electron chi connectivity index (χ2n) is 9.42. The van der Waals surface area contributed by atoms with E-state index >= 15 is 0 Å². The van der Waals surface area contributed by atoms with Crippen molar-refractivity contribution in [3.05, 3.63) is 64.7 Å². The van der Waals surface area contributed by atoms with Crippen molar-refractivity contribution in [2.45, 2.75) is 48.8 Å². The summed E-state index contributed by atoms with van der Waals surface area (Å²) in [7, 11) is -3.57. The number of hydrogen-bond donors (Lipinski definition) is 1. The minimum Gasteiger partial charge on any atom is -0.347 e. The predicted octanol–water partition coefficient (Wildman–Crippen LogP) is 4.26. The Balaban J connectivity index is 1.58. The Morgan fingerprint density at radius 2 is 1.78 bits per heavy atom. The van der Waals surface area contributed by atoms with Crippen LogP contribution in [0.4, 0.5) is 22.0 Å². The molecule has 2 aromatic carbocycles. The summed E-state index contributed by atoms with van der Waals surface area (Å²) in [6.07, 6.45) is -2.71. The van der Waals surface area contributed by atoms with Gasteiger partial charge in [-0.15, -0.1) is 0 Å². The number of benzene rings is 2. The highest BCUT2D eigenvalue weighted by Gasteiger charge is 2.51. The van der Waals surface area contributed by atoms with E-state index in [1.165, 1.54) is 36.1 Å². The normalized spacial score (nSPS) is 21.0. The summed E-state index contributed by atoms with van der Waals surface area (Å²) < 4.78 is 91.4. The summed E-state index contributed by atoms with van der Waals surface area (Å²) in [4.78, 5) is 27.5. The molecule has 1 aliphatic heterocycles. The molecule has 0 radical (unpaired) electrons. The molecular weight excluding hydrogens is 507 g/mol. The van der Waals surface area contributed by atoms with Crippen LogP contribution in [0.15, 0.2) is 41.3 Å². The molecule has 194 valence electrons. The van der Waals surface area contributed by atoms with Gasteiger partial charge in [-0.25, -0.2) is 17.2 Å². The van der Waals surface area contributed by atoms with Gasteiger partial charge in [0.2, 0.25) is 5.91 Å². The third-order valence-corrected chi connectivity index (χ3v) is 7.88. The minimum atomic E-state index is -5.07. The number of nitrogens with zero attached hydrogens (tertiary/aromatic N) is 1. The number of nitrogens with one attached hydrogen (secondary N) is 1. The molecule has 4 rings (SSSR count). The van der Waals surface area contributed by atoms with E-state index in [0.29, 0.717) is 18.9 Å². The number of halogens is 5. The van der Waals surface area contributed by atoms with Gasteiger partial charge in [-0.3, -0.25) is 9.59 Å². The van der Waals surface area contributed by atoms with E-state index < -0.39 is 62.2 Å².